The van der Waals surface area contributed by atoms with Crippen LogP contribution in [0.1, 0.15) is 49.1 Å². The predicted octanol–water partition coefficient (Wildman–Crippen LogP) is 3.72. The number of nitrogens with zero attached hydrogens (tertiary/aromatic N) is 3. The van der Waals surface area contributed by atoms with Crippen molar-refractivity contribution in [1.29, 1.82) is 0 Å². The summed E-state index contributed by atoms with van der Waals surface area (Å²) in [7, 11) is -1.52. The number of benzene rings is 2. The van der Waals surface area contributed by atoms with Gasteiger partial charge in [0.1, 0.15) is 5.75 Å². The largest absolute Gasteiger partial charge is 0.497 e. The van der Waals surface area contributed by atoms with Crippen LogP contribution in [0.25, 0.3) is 0 Å². The number of rotatable bonds is 8. The topological polar surface area (TPSA) is 70.2 Å². The van der Waals surface area contributed by atoms with E-state index in [1.54, 1.807) is 11.4 Å². The molecule has 1 amide bonds. The van der Waals surface area contributed by atoms with Crippen LogP contribution >= 0.6 is 0 Å². The van der Waals surface area contributed by atoms with Crippen molar-refractivity contribution >= 4 is 15.9 Å². The second-order valence-electron chi connectivity index (χ2n) is 11.7. The Kier molecular flexibility index (Phi) is 6.99. The van der Waals surface area contributed by atoms with E-state index in [2.05, 4.69) is 29.2 Å². The molecule has 1 saturated carbocycles. The summed E-state index contributed by atoms with van der Waals surface area (Å²) >= 11 is 0. The van der Waals surface area contributed by atoms with Crippen molar-refractivity contribution in [1.82, 2.24) is 14.1 Å². The van der Waals surface area contributed by atoms with Gasteiger partial charge in [-0.3, -0.25) is 4.79 Å². The molecule has 1 spiro atoms. The summed E-state index contributed by atoms with van der Waals surface area (Å²) in [5, 5.41) is -0.165. The maximum absolute atomic E-state index is 13.5. The van der Waals surface area contributed by atoms with Gasteiger partial charge in [-0.1, -0.05) is 42.5 Å². The maximum Gasteiger partial charge on any atom is 0.229 e. The van der Waals surface area contributed by atoms with Gasteiger partial charge in [0, 0.05) is 38.6 Å². The van der Waals surface area contributed by atoms with Crippen molar-refractivity contribution in [2.45, 2.75) is 49.8 Å². The van der Waals surface area contributed by atoms with Gasteiger partial charge in [0.25, 0.3) is 0 Å². The van der Waals surface area contributed by atoms with Crippen LogP contribution in [0.3, 0.4) is 0 Å². The molecule has 3 saturated heterocycles. The highest BCUT2D eigenvalue weighted by molar-refractivity contribution is 7.90. The van der Waals surface area contributed by atoms with Crippen LogP contribution in [-0.4, -0.2) is 80.1 Å². The second kappa shape index (κ2) is 10.3. The monoisotopic (exact) mass is 537 g/mol. The molecule has 6 rings (SSSR count). The van der Waals surface area contributed by atoms with E-state index >= 15 is 0 Å². The van der Waals surface area contributed by atoms with E-state index in [9.17, 15) is 13.2 Å². The van der Waals surface area contributed by atoms with Crippen molar-refractivity contribution in [2.75, 3.05) is 46.4 Å². The van der Waals surface area contributed by atoms with Gasteiger partial charge in [-0.15, -0.1) is 0 Å². The molecule has 0 radical (unpaired) electrons. The molecule has 4 fully saturated rings. The fraction of sp³-hybridized carbons (Fsp3) is 0.567. The van der Waals surface area contributed by atoms with E-state index in [0.717, 1.165) is 69.6 Å². The van der Waals surface area contributed by atoms with E-state index in [1.165, 1.54) is 5.56 Å². The SMILES string of the molecule is COc1ccc(CN2CCC3(CCN(CC4CN(S(=O)(=O)C5CC5)CC4c4ccccc4)CC3)C2=O)cc1. The van der Waals surface area contributed by atoms with Crippen molar-refractivity contribution < 1.29 is 17.9 Å². The smallest absolute Gasteiger partial charge is 0.229 e. The first-order valence-electron chi connectivity index (χ1n) is 14.1. The molecular weight excluding hydrogens is 498 g/mol. The number of hydrogen-bond acceptors (Lipinski definition) is 5. The first-order valence-corrected chi connectivity index (χ1v) is 15.6. The molecule has 204 valence electrons. The average molecular weight is 538 g/mol. The molecule has 0 bridgehead atoms. The van der Waals surface area contributed by atoms with E-state index in [0.29, 0.717) is 25.5 Å². The minimum Gasteiger partial charge on any atom is -0.497 e. The lowest BCUT2D eigenvalue weighted by Gasteiger charge is -2.39. The van der Waals surface area contributed by atoms with Crippen LogP contribution in [0.4, 0.5) is 0 Å². The number of carbonyl (C=O) groups excluding carboxylic acids is 1. The lowest BCUT2D eigenvalue weighted by molar-refractivity contribution is -0.139. The van der Waals surface area contributed by atoms with Gasteiger partial charge in [0.2, 0.25) is 15.9 Å². The summed E-state index contributed by atoms with van der Waals surface area (Å²) in [6.07, 6.45) is 4.31. The molecule has 2 aromatic carbocycles. The molecule has 3 heterocycles. The maximum atomic E-state index is 13.5. The summed E-state index contributed by atoms with van der Waals surface area (Å²) < 4.78 is 33.2. The Hall–Kier alpha value is -2.42. The zero-order valence-corrected chi connectivity index (χ0v) is 23.1. The van der Waals surface area contributed by atoms with Gasteiger partial charge >= 0.3 is 0 Å². The minimum absolute atomic E-state index is 0.165. The number of likely N-dealkylation sites (tertiary alicyclic amines) is 2. The summed E-state index contributed by atoms with van der Waals surface area (Å²) in [6.45, 7) is 5.35. The van der Waals surface area contributed by atoms with Crippen LogP contribution in [0.5, 0.6) is 5.75 Å². The van der Waals surface area contributed by atoms with Crippen LogP contribution in [0.15, 0.2) is 54.6 Å². The molecule has 1 aliphatic carbocycles. The Morgan fingerprint density at radius 2 is 1.61 bits per heavy atom. The Labute approximate surface area is 226 Å². The van der Waals surface area contributed by atoms with Crippen LogP contribution in [0.2, 0.25) is 0 Å². The number of hydrogen-bond donors (Lipinski definition) is 0. The molecule has 0 N–H and O–H groups in total. The molecular formula is C30H39N3O4S. The molecule has 7 nitrogen and oxygen atoms in total. The third kappa shape index (κ3) is 4.98. The fourth-order valence-corrected chi connectivity index (χ4v) is 8.75. The predicted molar refractivity (Wildman–Crippen MR) is 147 cm³/mol. The lowest BCUT2D eigenvalue weighted by atomic mass is 9.76. The number of sulfonamides is 1. The van der Waals surface area contributed by atoms with Gasteiger partial charge in [-0.25, -0.2) is 12.7 Å². The third-order valence-corrected chi connectivity index (χ3v) is 11.7. The number of methoxy groups -OCH3 is 1. The van der Waals surface area contributed by atoms with E-state index < -0.39 is 10.0 Å². The zero-order valence-electron chi connectivity index (χ0n) is 22.3. The standard InChI is InChI=1S/C30H39N3O4S/c1-37-26-9-7-23(8-10-26)19-32-18-15-30(29(32)34)13-16-31(17-14-30)20-25-21-33(38(35,36)27-11-12-27)22-28(25)24-5-3-2-4-6-24/h2-10,25,27-28H,11-22H2,1H3. The Bertz CT molecular complexity index is 1240. The molecule has 3 aliphatic heterocycles. The molecule has 8 heteroatoms. The number of carbonyl (C=O) groups is 1. The van der Waals surface area contributed by atoms with Crippen molar-refractivity contribution in [2.24, 2.45) is 11.3 Å². The highest BCUT2D eigenvalue weighted by Crippen LogP contribution is 2.44. The highest BCUT2D eigenvalue weighted by atomic mass is 32.2. The van der Waals surface area contributed by atoms with Gasteiger partial charge in [0.15, 0.2) is 0 Å². The summed E-state index contributed by atoms with van der Waals surface area (Å²) in [6, 6.07) is 18.4. The fourth-order valence-electron chi connectivity index (χ4n) is 6.83. The molecule has 0 aromatic heterocycles. The number of amides is 1. The van der Waals surface area contributed by atoms with Gasteiger partial charge in [-0.05, 0) is 74.4 Å². The second-order valence-corrected chi connectivity index (χ2v) is 14.0. The normalized spacial score (nSPS) is 26.3. The van der Waals surface area contributed by atoms with Crippen molar-refractivity contribution in [3.63, 3.8) is 0 Å². The Morgan fingerprint density at radius 1 is 0.921 bits per heavy atom. The lowest BCUT2D eigenvalue weighted by Crippen LogP contribution is -2.46. The molecule has 2 unspecified atom stereocenters. The van der Waals surface area contributed by atoms with Crippen molar-refractivity contribution in [3.8, 4) is 5.75 Å². The van der Waals surface area contributed by atoms with Gasteiger partial charge in [0.05, 0.1) is 17.8 Å². The molecule has 4 aliphatic rings. The summed E-state index contributed by atoms with van der Waals surface area (Å²) in [4.78, 5) is 18.0. The van der Waals surface area contributed by atoms with Crippen molar-refractivity contribution in [3.05, 3.63) is 65.7 Å². The van der Waals surface area contributed by atoms with Crippen LogP contribution in [0, 0.1) is 11.3 Å². The van der Waals surface area contributed by atoms with E-state index in [1.807, 2.05) is 35.2 Å². The quantitative estimate of drug-likeness (QED) is 0.514. The van der Waals surface area contributed by atoms with E-state index in [4.69, 9.17) is 4.74 Å². The van der Waals surface area contributed by atoms with Gasteiger partial charge < -0.3 is 14.5 Å². The number of piperidine rings is 1. The Morgan fingerprint density at radius 3 is 2.26 bits per heavy atom. The average Bonchev–Trinajstić information content (AvgIpc) is 3.67. The van der Waals surface area contributed by atoms with E-state index in [-0.39, 0.29) is 22.5 Å². The van der Waals surface area contributed by atoms with Crippen LogP contribution < -0.4 is 4.74 Å². The Balaban J connectivity index is 1.09. The molecule has 2 atom stereocenters. The third-order valence-electron chi connectivity index (χ3n) is 9.38. The number of ether oxygens (including phenoxy) is 1. The first-order chi connectivity index (χ1) is 18.4. The summed E-state index contributed by atoms with van der Waals surface area (Å²) in [5.74, 6) is 1.62. The molecule has 2 aromatic rings. The highest BCUT2D eigenvalue weighted by Gasteiger charge is 2.49. The van der Waals surface area contributed by atoms with Gasteiger partial charge in [-0.2, -0.15) is 0 Å². The summed E-state index contributed by atoms with van der Waals surface area (Å²) in [5.41, 5.74) is 2.13. The first kappa shape index (κ1) is 25.8. The van der Waals surface area contributed by atoms with Crippen LogP contribution in [-0.2, 0) is 21.4 Å². The molecule has 38 heavy (non-hydrogen) atoms. The minimum atomic E-state index is -3.18. The zero-order chi connectivity index (χ0) is 26.3.